The fraction of sp³-hybridized carbons (Fsp3) is 0.273. The van der Waals surface area contributed by atoms with Gasteiger partial charge < -0.3 is 4.74 Å². The van der Waals surface area contributed by atoms with E-state index < -0.39 is 24.2 Å². The van der Waals surface area contributed by atoms with Gasteiger partial charge in [-0.25, -0.2) is 0 Å². The van der Waals surface area contributed by atoms with Gasteiger partial charge in [-0.1, -0.05) is 41.4 Å². The second-order valence-corrected chi connectivity index (χ2v) is 7.69. The first kappa shape index (κ1) is 22.9. The lowest BCUT2D eigenvalue weighted by Crippen LogP contribution is -2.45. The number of halogens is 6. The fourth-order valence-corrected chi connectivity index (χ4v) is 3.37. The normalized spacial score (nSPS) is 15.0. The van der Waals surface area contributed by atoms with Gasteiger partial charge in [0.25, 0.3) is 5.92 Å². The zero-order valence-corrected chi connectivity index (χ0v) is 17.7. The molecule has 0 bridgehead atoms. The van der Waals surface area contributed by atoms with Crippen molar-refractivity contribution in [3.8, 4) is 5.75 Å². The number of ether oxygens (including phenoxy) is 1. The predicted octanol–water partition coefficient (Wildman–Crippen LogP) is 6.62. The summed E-state index contributed by atoms with van der Waals surface area (Å²) in [5.41, 5.74) is 3.31. The average molecular weight is 459 g/mol. The number of rotatable bonds is 5. The summed E-state index contributed by atoms with van der Waals surface area (Å²) < 4.78 is 74.3. The number of nitrogens with one attached hydrogen (secondary N) is 1. The van der Waals surface area contributed by atoms with E-state index in [0.29, 0.717) is 11.1 Å². The molecule has 0 saturated carbocycles. The van der Waals surface area contributed by atoms with Crippen molar-refractivity contribution in [3.05, 3.63) is 87.4 Å². The van der Waals surface area contributed by atoms with Crippen LogP contribution in [0.4, 0.5) is 22.0 Å². The van der Waals surface area contributed by atoms with E-state index in [1.807, 2.05) is 6.92 Å². The van der Waals surface area contributed by atoms with Crippen LogP contribution < -0.4 is 10.2 Å². The molecular weight excluding hydrogens is 439 g/mol. The molecule has 0 unspecified atom stereocenters. The molecule has 0 fully saturated rings. The number of nitrogens with zero attached hydrogens (tertiary/aromatic N) is 1. The lowest BCUT2D eigenvalue weighted by molar-refractivity contribution is -0.137. The van der Waals surface area contributed by atoms with Gasteiger partial charge in [-0.2, -0.15) is 22.0 Å². The van der Waals surface area contributed by atoms with Crippen molar-refractivity contribution in [2.75, 3.05) is 6.54 Å². The Morgan fingerprint density at radius 2 is 1.71 bits per heavy atom. The second kappa shape index (κ2) is 8.42. The highest BCUT2D eigenvalue weighted by molar-refractivity contribution is 6.29. The minimum Gasteiger partial charge on any atom is -0.440 e. The Balaban J connectivity index is 1.81. The highest BCUT2D eigenvalue weighted by Gasteiger charge is 2.37. The Hall–Kier alpha value is -2.74. The average Bonchev–Trinajstić information content (AvgIpc) is 2.64. The number of alkyl halides is 5. The summed E-state index contributed by atoms with van der Waals surface area (Å²) in [5.74, 6) is -3.39. The minimum absolute atomic E-state index is 0.0285. The third-order valence-corrected chi connectivity index (χ3v) is 5.18. The molecule has 9 heteroatoms. The molecule has 1 N–H and O–H groups in total. The number of benzene rings is 2. The van der Waals surface area contributed by atoms with Crippen LogP contribution in [0.25, 0.3) is 0 Å². The van der Waals surface area contributed by atoms with E-state index in [1.165, 1.54) is 24.3 Å². The Bertz CT molecular complexity index is 1050. The van der Waals surface area contributed by atoms with Crippen LogP contribution in [-0.4, -0.2) is 11.6 Å². The summed E-state index contributed by atoms with van der Waals surface area (Å²) in [5, 5.41) is 1.04. The number of hydrogen-bond acceptors (Lipinski definition) is 3. The number of aryl methyl sites for hydroxylation is 2. The van der Waals surface area contributed by atoms with Crippen molar-refractivity contribution in [3.63, 3.8) is 0 Å². The molecule has 1 aliphatic heterocycles. The molecule has 166 valence electrons. The lowest BCUT2D eigenvalue weighted by Gasteiger charge is -2.33. The first-order valence-electron chi connectivity index (χ1n) is 9.30. The van der Waals surface area contributed by atoms with Gasteiger partial charge in [0.2, 0.25) is 5.88 Å². The summed E-state index contributed by atoms with van der Waals surface area (Å²) in [7, 11) is 0. The van der Waals surface area contributed by atoms with Crippen LogP contribution >= 0.6 is 11.6 Å². The maximum absolute atomic E-state index is 15.0. The molecule has 2 aromatic rings. The highest BCUT2D eigenvalue weighted by Crippen LogP contribution is 2.35. The molecule has 2 aromatic carbocycles. The van der Waals surface area contributed by atoms with Crippen LogP contribution in [0.15, 0.2) is 65.2 Å². The van der Waals surface area contributed by atoms with Crippen molar-refractivity contribution in [2.24, 2.45) is 0 Å². The van der Waals surface area contributed by atoms with Gasteiger partial charge in [0.05, 0.1) is 5.56 Å². The fourth-order valence-electron chi connectivity index (χ4n) is 3.22. The smallest absolute Gasteiger partial charge is 0.416 e. The van der Waals surface area contributed by atoms with Gasteiger partial charge in [0.15, 0.2) is 0 Å². The Labute approximate surface area is 181 Å². The van der Waals surface area contributed by atoms with Crippen LogP contribution in [0.1, 0.15) is 29.2 Å². The largest absolute Gasteiger partial charge is 0.440 e. The molecule has 0 radical (unpaired) electrons. The standard InChI is InChI=1S/C22H20ClF5N2O/c1-13-7-8-18(14(2)9-13)21(24,25)12-30-20(23)15(3)10-19(29-30)31-17-6-4-5-16(11-17)22(26,27)28/h4-11,29H,12H2,1-3H3. The van der Waals surface area contributed by atoms with Crippen molar-refractivity contribution in [1.82, 2.24) is 10.4 Å². The Morgan fingerprint density at radius 1 is 1.00 bits per heavy atom. The Kier molecular flexibility index (Phi) is 6.23. The predicted molar refractivity (Wildman–Crippen MR) is 108 cm³/mol. The summed E-state index contributed by atoms with van der Waals surface area (Å²) in [4.78, 5) is 0. The van der Waals surface area contributed by atoms with E-state index in [9.17, 15) is 13.2 Å². The lowest BCUT2D eigenvalue weighted by atomic mass is 10.00. The third-order valence-electron chi connectivity index (χ3n) is 4.68. The monoisotopic (exact) mass is 458 g/mol. The molecule has 0 atom stereocenters. The molecule has 0 aliphatic carbocycles. The summed E-state index contributed by atoms with van der Waals surface area (Å²) in [6.45, 7) is 4.19. The van der Waals surface area contributed by atoms with Crippen molar-refractivity contribution >= 4 is 11.6 Å². The van der Waals surface area contributed by atoms with Gasteiger partial charge in [-0.3, -0.25) is 10.4 Å². The number of hydrogen-bond donors (Lipinski definition) is 1. The molecule has 0 aromatic heterocycles. The first-order chi connectivity index (χ1) is 14.4. The van der Waals surface area contributed by atoms with E-state index in [2.05, 4.69) is 5.43 Å². The van der Waals surface area contributed by atoms with Crippen molar-refractivity contribution in [1.29, 1.82) is 0 Å². The maximum atomic E-state index is 15.0. The van der Waals surface area contributed by atoms with E-state index >= 15 is 8.78 Å². The van der Waals surface area contributed by atoms with Gasteiger partial charge in [0.1, 0.15) is 17.5 Å². The van der Waals surface area contributed by atoms with E-state index in [-0.39, 0.29) is 22.4 Å². The minimum atomic E-state index is -4.53. The maximum Gasteiger partial charge on any atom is 0.416 e. The number of allylic oxidation sites excluding steroid dienone is 2. The summed E-state index contributed by atoms with van der Waals surface area (Å²) in [6.07, 6.45) is -3.11. The molecule has 0 saturated heterocycles. The van der Waals surface area contributed by atoms with E-state index in [0.717, 1.165) is 22.7 Å². The van der Waals surface area contributed by atoms with Crippen LogP contribution in [-0.2, 0) is 12.1 Å². The number of hydrazine groups is 1. The van der Waals surface area contributed by atoms with Crippen LogP contribution in [0.5, 0.6) is 5.75 Å². The second-order valence-electron chi connectivity index (χ2n) is 7.33. The zero-order valence-electron chi connectivity index (χ0n) is 16.9. The molecule has 1 aliphatic rings. The van der Waals surface area contributed by atoms with Gasteiger partial charge in [-0.15, -0.1) is 0 Å². The SMILES string of the molecule is CC1=C(Cl)N(CC(F)(F)c2ccc(C)cc2C)NC(Oc2cccc(C(F)(F)F)c2)=C1. The van der Waals surface area contributed by atoms with Gasteiger partial charge >= 0.3 is 6.18 Å². The first-order valence-corrected chi connectivity index (χ1v) is 9.67. The quantitative estimate of drug-likeness (QED) is 0.402. The zero-order chi connectivity index (χ0) is 23.0. The molecular formula is C22H20ClF5N2O. The van der Waals surface area contributed by atoms with Crippen LogP contribution in [0.3, 0.4) is 0 Å². The topological polar surface area (TPSA) is 24.5 Å². The Morgan fingerprint density at radius 3 is 2.35 bits per heavy atom. The van der Waals surface area contributed by atoms with Crippen LogP contribution in [0, 0.1) is 13.8 Å². The van der Waals surface area contributed by atoms with E-state index in [1.54, 1.807) is 26.0 Å². The highest BCUT2D eigenvalue weighted by atomic mass is 35.5. The molecule has 31 heavy (non-hydrogen) atoms. The molecule has 3 nitrogen and oxygen atoms in total. The molecule has 1 heterocycles. The molecule has 3 rings (SSSR count). The van der Waals surface area contributed by atoms with Gasteiger partial charge in [-0.05, 0) is 50.1 Å². The van der Waals surface area contributed by atoms with Crippen molar-refractivity contribution < 1.29 is 26.7 Å². The van der Waals surface area contributed by atoms with Crippen LogP contribution in [0.2, 0.25) is 0 Å². The molecule has 0 amide bonds. The summed E-state index contributed by atoms with van der Waals surface area (Å²) >= 11 is 6.21. The third kappa shape index (κ3) is 5.31. The molecule has 0 spiro atoms. The summed E-state index contributed by atoms with van der Waals surface area (Å²) in [6, 6.07) is 8.91. The van der Waals surface area contributed by atoms with E-state index in [4.69, 9.17) is 16.3 Å². The van der Waals surface area contributed by atoms with Gasteiger partial charge in [0, 0.05) is 11.6 Å². The van der Waals surface area contributed by atoms with Crippen molar-refractivity contribution in [2.45, 2.75) is 32.9 Å².